The minimum atomic E-state index is -1.28. The van der Waals surface area contributed by atoms with Crippen LogP contribution in [0.1, 0.15) is 33.6 Å². The number of hydrogen-bond donors (Lipinski definition) is 3. The van der Waals surface area contributed by atoms with Gasteiger partial charge >= 0.3 is 5.97 Å². The zero-order valence-electron chi connectivity index (χ0n) is 15.7. The first kappa shape index (κ1) is 17.8. The molecule has 7 heteroatoms. The highest BCUT2D eigenvalue weighted by atomic mass is 16.6. The highest BCUT2D eigenvalue weighted by Gasteiger charge is 2.80. The number of carbonyl (C=O) groups is 2. The lowest BCUT2D eigenvalue weighted by molar-refractivity contribution is -0.280. The van der Waals surface area contributed by atoms with E-state index in [9.17, 15) is 24.9 Å². The van der Waals surface area contributed by atoms with Crippen LogP contribution >= 0.6 is 0 Å². The van der Waals surface area contributed by atoms with Crippen molar-refractivity contribution >= 4 is 11.8 Å². The standard InChI is InChI=1S/C20H26O7/c1-8-4-10(21)16(24)18(2)9(8)5-12-20-7-26-19(3,11(20)6-13(22)27-12)17(25)14(23)15(18)20/h4,9,11-12,14-17,23-25H,5-7H2,1-3H3/t9-,11+,12-,14-,15-,16-,17+,18+,19+,20-/m1/s1. The third-order valence-corrected chi connectivity index (χ3v) is 8.70. The Bertz CT molecular complexity index is 776. The third kappa shape index (κ3) is 1.74. The fraction of sp³-hybridized carbons (Fsp3) is 0.800. The summed E-state index contributed by atoms with van der Waals surface area (Å²) in [6, 6.07) is 0. The van der Waals surface area contributed by atoms with Crippen LogP contribution in [0, 0.1) is 28.6 Å². The Morgan fingerprint density at radius 1 is 1.19 bits per heavy atom. The predicted octanol–water partition coefficient (Wildman–Crippen LogP) is -0.0389. The van der Waals surface area contributed by atoms with Crippen LogP contribution < -0.4 is 0 Å². The Balaban J connectivity index is 1.77. The monoisotopic (exact) mass is 378 g/mol. The molecule has 3 aliphatic carbocycles. The van der Waals surface area contributed by atoms with E-state index in [-0.39, 0.29) is 36.6 Å². The van der Waals surface area contributed by atoms with Crippen LogP contribution in [-0.2, 0) is 19.1 Å². The molecule has 2 saturated carbocycles. The number of rotatable bonds is 0. The fourth-order valence-corrected chi connectivity index (χ4v) is 7.49. The van der Waals surface area contributed by atoms with E-state index in [1.807, 2.05) is 13.8 Å². The van der Waals surface area contributed by atoms with Crippen LogP contribution in [0.15, 0.2) is 11.6 Å². The van der Waals surface area contributed by atoms with Gasteiger partial charge in [-0.1, -0.05) is 12.5 Å². The molecule has 7 nitrogen and oxygen atoms in total. The molecule has 5 rings (SSSR count). The van der Waals surface area contributed by atoms with E-state index in [4.69, 9.17) is 9.47 Å². The van der Waals surface area contributed by atoms with Crippen LogP contribution in [0.3, 0.4) is 0 Å². The molecule has 0 aromatic carbocycles. The minimum Gasteiger partial charge on any atom is -0.462 e. The molecular formula is C20H26O7. The Morgan fingerprint density at radius 2 is 1.89 bits per heavy atom. The van der Waals surface area contributed by atoms with Crippen molar-refractivity contribution in [3.63, 3.8) is 0 Å². The van der Waals surface area contributed by atoms with Crippen molar-refractivity contribution < 1.29 is 34.4 Å². The van der Waals surface area contributed by atoms with E-state index in [0.29, 0.717) is 6.42 Å². The molecule has 0 radical (unpaired) electrons. The molecule has 4 fully saturated rings. The van der Waals surface area contributed by atoms with Crippen LogP contribution in [0.4, 0.5) is 0 Å². The van der Waals surface area contributed by atoms with Gasteiger partial charge in [-0.25, -0.2) is 0 Å². The maximum Gasteiger partial charge on any atom is 0.306 e. The largest absolute Gasteiger partial charge is 0.462 e. The van der Waals surface area contributed by atoms with Gasteiger partial charge in [0.1, 0.15) is 18.3 Å². The molecule has 2 bridgehead atoms. The number of carbonyl (C=O) groups excluding carboxylic acids is 2. The molecule has 0 aromatic heterocycles. The van der Waals surface area contributed by atoms with Crippen molar-refractivity contribution in [1.29, 1.82) is 0 Å². The smallest absolute Gasteiger partial charge is 0.306 e. The van der Waals surface area contributed by atoms with Crippen LogP contribution in [-0.4, -0.2) is 63.7 Å². The first-order valence-electron chi connectivity index (χ1n) is 9.68. The number of aliphatic hydroxyl groups is 3. The molecule has 5 aliphatic rings. The molecule has 148 valence electrons. The highest BCUT2D eigenvalue weighted by Crippen LogP contribution is 2.72. The maximum absolute atomic E-state index is 12.5. The van der Waals surface area contributed by atoms with E-state index < -0.39 is 46.8 Å². The zero-order chi connectivity index (χ0) is 19.5. The molecule has 2 aliphatic heterocycles. The van der Waals surface area contributed by atoms with E-state index in [0.717, 1.165) is 5.57 Å². The quantitative estimate of drug-likeness (QED) is 0.507. The second-order valence-corrected chi connectivity index (χ2v) is 9.58. The first-order valence-corrected chi connectivity index (χ1v) is 9.68. The van der Waals surface area contributed by atoms with E-state index >= 15 is 0 Å². The summed E-state index contributed by atoms with van der Waals surface area (Å²) in [5, 5.41) is 33.1. The number of ketones is 1. The number of fused-ring (bicyclic) bond motifs is 2. The van der Waals surface area contributed by atoms with Crippen LogP contribution in [0.5, 0.6) is 0 Å². The van der Waals surface area contributed by atoms with Gasteiger partial charge in [0.2, 0.25) is 0 Å². The third-order valence-electron chi connectivity index (χ3n) is 8.70. The van der Waals surface area contributed by atoms with Gasteiger partial charge in [0.15, 0.2) is 5.78 Å². The summed E-state index contributed by atoms with van der Waals surface area (Å²) in [5.41, 5.74) is -1.92. The summed E-state index contributed by atoms with van der Waals surface area (Å²) in [4.78, 5) is 24.9. The summed E-state index contributed by atoms with van der Waals surface area (Å²) < 4.78 is 11.8. The van der Waals surface area contributed by atoms with Crippen molar-refractivity contribution in [3.8, 4) is 0 Å². The fourth-order valence-electron chi connectivity index (χ4n) is 7.49. The normalized spacial score (nSPS) is 58.9. The van der Waals surface area contributed by atoms with Crippen molar-refractivity contribution in [2.45, 2.75) is 63.6 Å². The lowest BCUT2D eigenvalue weighted by Crippen LogP contribution is -2.76. The number of esters is 1. The second kappa shape index (κ2) is 5.00. The maximum atomic E-state index is 12.5. The second-order valence-electron chi connectivity index (χ2n) is 9.58. The van der Waals surface area contributed by atoms with Crippen LogP contribution in [0.25, 0.3) is 0 Å². The lowest BCUT2D eigenvalue weighted by atomic mass is 9.38. The minimum absolute atomic E-state index is 0.104. The predicted molar refractivity (Wildman–Crippen MR) is 91.3 cm³/mol. The average Bonchev–Trinajstić information content (AvgIpc) is 2.86. The molecule has 0 unspecified atom stereocenters. The molecule has 27 heavy (non-hydrogen) atoms. The van der Waals surface area contributed by atoms with Gasteiger partial charge in [-0.15, -0.1) is 0 Å². The lowest BCUT2D eigenvalue weighted by Gasteiger charge is -2.67. The van der Waals surface area contributed by atoms with Gasteiger partial charge in [0.25, 0.3) is 0 Å². The van der Waals surface area contributed by atoms with Crippen molar-refractivity contribution in [3.05, 3.63) is 11.6 Å². The van der Waals surface area contributed by atoms with Gasteiger partial charge in [0.05, 0.1) is 24.7 Å². The summed E-state index contributed by atoms with van der Waals surface area (Å²) >= 11 is 0. The van der Waals surface area contributed by atoms with Gasteiger partial charge < -0.3 is 24.8 Å². The number of ether oxygens (including phenoxy) is 2. The van der Waals surface area contributed by atoms with Gasteiger partial charge in [-0.3, -0.25) is 9.59 Å². The van der Waals surface area contributed by atoms with E-state index in [1.165, 1.54) is 6.08 Å². The Hall–Kier alpha value is -1.28. The number of hydrogen-bond acceptors (Lipinski definition) is 7. The Labute approximate surface area is 157 Å². The molecule has 2 heterocycles. The van der Waals surface area contributed by atoms with Crippen molar-refractivity contribution in [1.82, 2.24) is 0 Å². The topological polar surface area (TPSA) is 113 Å². The van der Waals surface area contributed by atoms with Gasteiger partial charge in [-0.2, -0.15) is 0 Å². The van der Waals surface area contributed by atoms with E-state index in [1.54, 1.807) is 6.92 Å². The molecule has 2 saturated heterocycles. The number of allylic oxidation sites excluding steroid dienone is 1. The Kier molecular flexibility index (Phi) is 3.30. The molecule has 1 spiro atoms. The highest BCUT2D eigenvalue weighted by molar-refractivity contribution is 5.96. The molecule has 10 atom stereocenters. The van der Waals surface area contributed by atoms with Crippen molar-refractivity contribution in [2.75, 3.05) is 6.61 Å². The Morgan fingerprint density at radius 3 is 2.59 bits per heavy atom. The summed E-state index contributed by atoms with van der Waals surface area (Å²) in [6.07, 6.45) is -2.11. The molecule has 0 aromatic rings. The van der Waals surface area contributed by atoms with Crippen LogP contribution in [0.2, 0.25) is 0 Å². The summed E-state index contributed by atoms with van der Waals surface area (Å²) in [5.74, 6) is -1.88. The molecular weight excluding hydrogens is 352 g/mol. The van der Waals surface area contributed by atoms with Gasteiger partial charge in [-0.05, 0) is 32.3 Å². The number of aliphatic hydroxyl groups excluding tert-OH is 3. The summed E-state index contributed by atoms with van der Waals surface area (Å²) in [6.45, 7) is 5.65. The molecule has 0 amide bonds. The zero-order valence-corrected chi connectivity index (χ0v) is 15.7. The van der Waals surface area contributed by atoms with Crippen molar-refractivity contribution in [2.24, 2.45) is 28.6 Å². The summed E-state index contributed by atoms with van der Waals surface area (Å²) in [7, 11) is 0. The van der Waals surface area contributed by atoms with Gasteiger partial charge in [0, 0.05) is 22.7 Å². The SMILES string of the molecule is CC1=CC(=O)[C@@H](O)[C@@]2(C)[C@@H]1C[C@H]1OC(=O)C[C@H]3[C@]4(C)OC[C@]13[C@@H]2[C@@H](O)[C@@H]4O. The average molecular weight is 378 g/mol. The molecule has 3 N–H and O–H groups in total. The first-order chi connectivity index (χ1) is 12.6. The van der Waals surface area contributed by atoms with E-state index in [2.05, 4.69) is 0 Å².